The largest absolute Gasteiger partial charge is 0.0654 e. The number of hydrogen-bond donors (Lipinski definition) is 0. The fourth-order valence-corrected chi connectivity index (χ4v) is 4.11. The summed E-state index contributed by atoms with van der Waals surface area (Å²) in [6.45, 7) is 7.04. The smallest absolute Gasteiger partial charge is 0.0358 e. The van der Waals surface area contributed by atoms with Crippen molar-refractivity contribution in [2.24, 2.45) is 5.92 Å². The van der Waals surface area contributed by atoms with Gasteiger partial charge in [-0.1, -0.05) is 156 Å². The van der Waals surface area contributed by atoms with Crippen molar-refractivity contribution in [3.8, 4) is 0 Å². The minimum Gasteiger partial charge on any atom is -0.0654 e. The van der Waals surface area contributed by atoms with Gasteiger partial charge in [0.2, 0.25) is 0 Å². The van der Waals surface area contributed by atoms with Crippen LogP contribution in [0.2, 0.25) is 0 Å². The standard InChI is InChI=1S/C27H55/c1-4-6-8-10-12-14-15-16-18-20-22-24-26-27(3)25-23-21-19-17-13-11-9-7-5-2/h26-27H,4-25H2,1-3H3. The first-order valence-electron chi connectivity index (χ1n) is 13.1. The van der Waals surface area contributed by atoms with Crippen molar-refractivity contribution in [2.75, 3.05) is 0 Å². The molecule has 0 aliphatic carbocycles. The normalized spacial score (nSPS) is 12.6. The van der Waals surface area contributed by atoms with Crippen molar-refractivity contribution in [3.63, 3.8) is 0 Å². The van der Waals surface area contributed by atoms with E-state index in [1.807, 2.05) is 0 Å². The molecule has 0 aromatic rings. The third kappa shape index (κ3) is 24.0. The second-order valence-electron chi connectivity index (χ2n) is 9.15. The highest BCUT2D eigenvalue weighted by molar-refractivity contribution is 4.72. The monoisotopic (exact) mass is 379 g/mol. The van der Waals surface area contributed by atoms with Gasteiger partial charge in [-0.25, -0.2) is 0 Å². The van der Waals surface area contributed by atoms with Gasteiger partial charge in [-0.3, -0.25) is 0 Å². The summed E-state index contributed by atoms with van der Waals surface area (Å²) in [6.07, 6.45) is 34.5. The van der Waals surface area contributed by atoms with Crippen LogP contribution in [0.3, 0.4) is 0 Å². The molecule has 1 radical (unpaired) electrons. The highest BCUT2D eigenvalue weighted by atomic mass is 14.1. The Morgan fingerprint density at radius 1 is 0.444 bits per heavy atom. The van der Waals surface area contributed by atoms with Crippen LogP contribution in [0.25, 0.3) is 0 Å². The zero-order chi connectivity index (χ0) is 19.8. The second kappa shape index (κ2) is 24.0. The van der Waals surface area contributed by atoms with Crippen LogP contribution in [-0.2, 0) is 0 Å². The average Bonchev–Trinajstić information content (AvgIpc) is 2.67. The molecule has 0 aromatic heterocycles. The summed E-state index contributed by atoms with van der Waals surface area (Å²) >= 11 is 0. The second-order valence-corrected chi connectivity index (χ2v) is 9.15. The van der Waals surface area contributed by atoms with E-state index in [0.717, 1.165) is 5.92 Å². The van der Waals surface area contributed by atoms with E-state index in [0.29, 0.717) is 0 Å². The van der Waals surface area contributed by atoms with E-state index >= 15 is 0 Å². The minimum atomic E-state index is 0.845. The molecule has 0 aliphatic heterocycles. The van der Waals surface area contributed by atoms with E-state index in [2.05, 4.69) is 27.2 Å². The van der Waals surface area contributed by atoms with Crippen LogP contribution in [0, 0.1) is 12.3 Å². The fourth-order valence-electron chi connectivity index (χ4n) is 4.11. The molecule has 0 N–H and O–H groups in total. The highest BCUT2D eigenvalue weighted by Gasteiger charge is 2.02. The zero-order valence-corrected chi connectivity index (χ0v) is 19.7. The summed E-state index contributed by atoms with van der Waals surface area (Å²) in [5.41, 5.74) is 0. The van der Waals surface area contributed by atoms with E-state index in [-0.39, 0.29) is 0 Å². The van der Waals surface area contributed by atoms with Crippen molar-refractivity contribution < 1.29 is 0 Å². The van der Waals surface area contributed by atoms with Gasteiger partial charge in [0.05, 0.1) is 0 Å². The van der Waals surface area contributed by atoms with Crippen molar-refractivity contribution in [3.05, 3.63) is 6.42 Å². The summed E-state index contributed by atoms with van der Waals surface area (Å²) in [7, 11) is 0. The van der Waals surface area contributed by atoms with Crippen LogP contribution in [0.4, 0.5) is 0 Å². The third-order valence-electron chi connectivity index (χ3n) is 6.14. The predicted molar refractivity (Wildman–Crippen MR) is 126 cm³/mol. The summed E-state index contributed by atoms with van der Waals surface area (Å²) in [5.74, 6) is 0.845. The van der Waals surface area contributed by atoms with Crippen LogP contribution in [0.5, 0.6) is 0 Å². The van der Waals surface area contributed by atoms with Gasteiger partial charge < -0.3 is 0 Å². The highest BCUT2D eigenvalue weighted by Crippen LogP contribution is 2.18. The van der Waals surface area contributed by atoms with Crippen LogP contribution < -0.4 is 0 Å². The number of hydrogen-bond acceptors (Lipinski definition) is 0. The Balaban J connectivity index is 3.12. The van der Waals surface area contributed by atoms with Gasteiger partial charge in [0, 0.05) is 0 Å². The van der Waals surface area contributed by atoms with Gasteiger partial charge >= 0.3 is 0 Å². The molecule has 163 valence electrons. The maximum atomic E-state index is 2.61. The molecule has 1 unspecified atom stereocenters. The van der Waals surface area contributed by atoms with Crippen LogP contribution in [-0.4, -0.2) is 0 Å². The third-order valence-corrected chi connectivity index (χ3v) is 6.14. The maximum Gasteiger partial charge on any atom is -0.0358 e. The average molecular weight is 380 g/mol. The maximum absolute atomic E-state index is 2.61. The summed E-state index contributed by atoms with van der Waals surface area (Å²) < 4.78 is 0. The first-order valence-corrected chi connectivity index (χ1v) is 13.1. The van der Waals surface area contributed by atoms with Gasteiger partial charge in [-0.05, 0) is 18.8 Å². The molecular weight excluding hydrogens is 324 g/mol. The Hall–Kier alpha value is 0. The molecule has 27 heavy (non-hydrogen) atoms. The van der Waals surface area contributed by atoms with Crippen molar-refractivity contribution >= 4 is 0 Å². The molecule has 0 saturated heterocycles. The van der Waals surface area contributed by atoms with E-state index in [9.17, 15) is 0 Å². The predicted octanol–water partition coefficient (Wildman–Crippen LogP) is 10.4. The molecule has 0 aromatic carbocycles. The molecule has 0 spiro atoms. The lowest BCUT2D eigenvalue weighted by molar-refractivity contribution is 0.498. The first kappa shape index (κ1) is 27.0. The number of rotatable bonds is 23. The summed E-state index contributed by atoms with van der Waals surface area (Å²) in [5, 5.41) is 0. The van der Waals surface area contributed by atoms with Crippen molar-refractivity contribution in [1.82, 2.24) is 0 Å². The molecule has 0 nitrogen and oxygen atoms in total. The van der Waals surface area contributed by atoms with Gasteiger partial charge in [0.1, 0.15) is 0 Å². The Labute approximate surface area is 174 Å². The molecule has 0 heterocycles. The Kier molecular flexibility index (Phi) is 24.0. The van der Waals surface area contributed by atoms with Gasteiger partial charge in [-0.15, -0.1) is 0 Å². The van der Waals surface area contributed by atoms with Crippen LogP contribution in [0.15, 0.2) is 0 Å². The van der Waals surface area contributed by atoms with E-state index in [1.54, 1.807) is 0 Å². The summed E-state index contributed by atoms with van der Waals surface area (Å²) in [6, 6.07) is 0. The fraction of sp³-hybridized carbons (Fsp3) is 0.963. The molecule has 0 bridgehead atoms. The molecule has 0 aliphatic rings. The molecule has 0 heteroatoms. The Morgan fingerprint density at radius 2 is 0.778 bits per heavy atom. The Bertz CT molecular complexity index is 244. The molecule has 0 saturated carbocycles. The van der Waals surface area contributed by atoms with Crippen molar-refractivity contribution in [2.45, 2.75) is 162 Å². The first-order chi connectivity index (χ1) is 13.3. The van der Waals surface area contributed by atoms with E-state index in [1.165, 1.54) is 141 Å². The van der Waals surface area contributed by atoms with Gasteiger partial charge in [-0.2, -0.15) is 0 Å². The lowest BCUT2D eigenvalue weighted by Gasteiger charge is -2.10. The van der Waals surface area contributed by atoms with Crippen LogP contribution in [0.1, 0.15) is 162 Å². The lowest BCUT2D eigenvalue weighted by atomic mass is 9.95. The molecular formula is C27H55. The zero-order valence-electron chi connectivity index (χ0n) is 19.7. The van der Waals surface area contributed by atoms with Gasteiger partial charge in [0.15, 0.2) is 0 Å². The van der Waals surface area contributed by atoms with E-state index < -0.39 is 0 Å². The molecule has 0 rings (SSSR count). The molecule has 0 amide bonds. The van der Waals surface area contributed by atoms with Gasteiger partial charge in [0.25, 0.3) is 0 Å². The SMILES string of the molecule is CCCCCCCCCCCCC[CH]C(C)CCCCCCCCCCC. The quantitative estimate of drug-likeness (QED) is 0.155. The lowest BCUT2D eigenvalue weighted by Crippen LogP contribution is -1.96. The molecule has 0 fully saturated rings. The number of unbranched alkanes of at least 4 members (excludes halogenated alkanes) is 19. The van der Waals surface area contributed by atoms with E-state index in [4.69, 9.17) is 0 Å². The topological polar surface area (TPSA) is 0 Å². The Morgan fingerprint density at radius 3 is 1.19 bits per heavy atom. The van der Waals surface area contributed by atoms with Crippen LogP contribution >= 0.6 is 0 Å². The minimum absolute atomic E-state index is 0.845. The van der Waals surface area contributed by atoms with Crippen molar-refractivity contribution in [1.29, 1.82) is 0 Å². The molecule has 1 atom stereocenters. The summed E-state index contributed by atoms with van der Waals surface area (Å²) in [4.78, 5) is 0.